The molecule has 0 bridgehead atoms. The predicted octanol–water partition coefficient (Wildman–Crippen LogP) is 2.09. The van der Waals surface area contributed by atoms with Gasteiger partial charge >= 0.3 is 0 Å². The van der Waals surface area contributed by atoms with E-state index in [1.165, 1.54) is 18.2 Å². The number of hydrogen-bond donors (Lipinski definition) is 6. The molecular formula is C26H31N3O6S. The minimum absolute atomic E-state index is 0.00931. The lowest BCUT2D eigenvalue weighted by atomic mass is 9.97. The van der Waals surface area contributed by atoms with Crippen LogP contribution in [0.1, 0.15) is 39.2 Å². The number of benzene rings is 3. The van der Waals surface area contributed by atoms with Gasteiger partial charge in [-0.1, -0.05) is 48.5 Å². The SMILES string of the molecule is CS(=O)(=O)Nc1cc(C(O)CNC(Cc2ccccc2)c2ccc(C(=O)NCCO)cc2)ccc1O. The van der Waals surface area contributed by atoms with Crippen LogP contribution in [-0.2, 0) is 16.4 Å². The third kappa shape index (κ3) is 8.06. The van der Waals surface area contributed by atoms with E-state index in [0.29, 0.717) is 17.5 Å². The van der Waals surface area contributed by atoms with E-state index in [4.69, 9.17) is 5.11 Å². The first-order chi connectivity index (χ1) is 17.2. The number of phenolic OH excluding ortho intramolecular Hbond substituents is 1. The summed E-state index contributed by atoms with van der Waals surface area (Å²) in [4.78, 5) is 12.2. The monoisotopic (exact) mass is 513 g/mol. The average Bonchev–Trinajstić information content (AvgIpc) is 2.86. The zero-order valence-corrected chi connectivity index (χ0v) is 20.7. The van der Waals surface area contributed by atoms with Crippen LogP contribution in [0.2, 0.25) is 0 Å². The van der Waals surface area contributed by atoms with Crippen molar-refractivity contribution in [3.8, 4) is 5.75 Å². The number of anilines is 1. The van der Waals surface area contributed by atoms with Crippen molar-refractivity contribution in [1.82, 2.24) is 10.6 Å². The molecule has 0 saturated carbocycles. The van der Waals surface area contributed by atoms with Gasteiger partial charge in [-0.15, -0.1) is 0 Å². The highest BCUT2D eigenvalue weighted by molar-refractivity contribution is 7.92. The predicted molar refractivity (Wildman–Crippen MR) is 138 cm³/mol. The van der Waals surface area contributed by atoms with Crippen LogP contribution in [0.3, 0.4) is 0 Å². The molecule has 2 unspecified atom stereocenters. The summed E-state index contributed by atoms with van der Waals surface area (Å²) in [5.74, 6) is -0.515. The van der Waals surface area contributed by atoms with Gasteiger partial charge in [0.2, 0.25) is 10.0 Å². The lowest BCUT2D eigenvalue weighted by Crippen LogP contribution is -2.28. The number of phenols is 1. The van der Waals surface area contributed by atoms with Crippen molar-refractivity contribution in [2.24, 2.45) is 0 Å². The molecule has 0 radical (unpaired) electrons. The van der Waals surface area contributed by atoms with Crippen LogP contribution in [0, 0.1) is 0 Å². The fourth-order valence-corrected chi connectivity index (χ4v) is 4.27. The van der Waals surface area contributed by atoms with Crippen LogP contribution in [0.25, 0.3) is 0 Å². The molecule has 3 rings (SSSR count). The molecule has 36 heavy (non-hydrogen) atoms. The third-order valence-corrected chi connectivity index (χ3v) is 6.10. The van der Waals surface area contributed by atoms with Crippen LogP contribution in [0.5, 0.6) is 5.75 Å². The summed E-state index contributed by atoms with van der Waals surface area (Å²) < 4.78 is 25.4. The molecule has 1 amide bonds. The second kappa shape index (κ2) is 12.5. The standard InChI is InChI=1S/C26H31N3O6S/c1-36(34,35)29-23-16-21(11-12-24(23)31)25(32)17-28-22(15-18-5-3-2-4-6-18)19-7-9-20(10-8-19)26(33)27-13-14-30/h2-12,16,22,25,28-32H,13-15,17H2,1H3,(H,27,33). The molecule has 10 heteroatoms. The lowest BCUT2D eigenvalue weighted by molar-refractivity contribution is 0.0944. The summed E-state index contributed by atoms with van der Waals surface area (Å²) in [7, 11) is -3.60. The van der Waals surface area contributed by atoms with Gasteiger partial charge in [-0.2, -0.15) is 0 Å². The molecule has 3 aromatic rings. The molecule has 192 valence electrons. The molecule has 0 heterocycles. The highest BCUT2D eigenvalue weighted by Gasteiger charge is 2.18. The van der Waals surface area contributed by atoms with Gasteiger partial charge in [0.15, 0.2) is 0 Å². The zero-order chi connectivity index (χ0) is 26.1. The topological polar surface area (TPSA) is 148 Å². The number of rotatable bonds is 12. The van der Waals surface area contributed by atoms with Gasteiger partial charge in [-0.3, -0.25) is 9.52 Å². The number of amides is 1. The maximum absolute atomic E-state index is 12.2. The Bertz CT molecular complexity index is 1250. The molecule has 0 spiro atoms. The minimum atomic E-state index is -3.60. The maximum Gasteiger partial charge on any atom is 0.251 e. The fraction of sp³-hybridized carbons (Fsp3) is 0.269. The van der Waals surface area contributed by atoms with Crippen LogP contribution < -0.4 is 15.4 Å². The maximum atomic E-state index is 12.2. The molecule has 0 aliphatic carbocycles. The molecule has 0 saturated heterocycles. The summed E-state index contributed by atoms with van der Waals surface area (Å²) in [5.41, 5.74) is 2.89. The molecular weight excluding hydrogens is 482 g/mol. The Kier molecular flexibility index (Phi) is 9.43. The van der Waals surface area contributed by atoms with E-state index >= 15 is 0 Å². The number of carbonyl (C=O) groups excluding carboxylic acids is 1. The second-order valence-corrected chi connectivity index (χ2v) is 10.2. The first-order valence-corrected chi connectivity index (χ1v) is 13.3. The molecule has 6 N–H and O–H groups in total. The van der Waals surface area contributed by atoms with Gasteiger partial charge in [0, 0.05) is 24.7 Å². The van der Waals surface area contributed by atoms with E-state index in [1.54, 1.807) is 12.1 Å². The Morgan fingerprint density at radius 3 is 2.28 bits per heavy atom. The number of aromatic hydroxyl groups is 1. The number of hydrogen-bond acceptors (Lipinski definition) is 7. The third-order valence-electron chi connectivity index (χ3n) is 5.51. The molecule has 9 nitrogen and oxygen atoms in total. The molecule has 0 aliphatic heterocycles. The van der Waals surface area contributed by atoms with Crippen LogP contribution in [0.15, 0.2) is 72.8 Å². The zero-order valence-electron chi connectivity index (χ0n) is 19.9. The number of sulfonamides is 1. The number of nitrogens with one attached hydrogen (secondary N) is 3. The molecule has 3 aromatic carbocycles. The van der Waals surface area contributed by atoms with E-state index in [2.05, 4.69) is 15.4 Å². The van der Waals surface area contributed by atoms with Gasteiger partial charge in [0.05, 0.1) is 24.7 Å². The van der Waals surface area contributed by atoms with E-state index < -0.39 is 16.1 Å². The summed E-state index contributed by atoms with van der Waals surface area (Å²) in [6, 6.07) is 21.0. The van der Waals surface area contributed by atoms with E-state index in [-0.39, 0.29) is 43.1 Å². The van der Waals surface area contributed by atoms with Crippen molar-refractivity contribution < 1.29 is 28.5 Å². The van der Waals surface area contributed by atoms with Gasteiger partial charge in [-0.25, -0.2) is 8.42 Å². The normalized spacial score (nSPS) is 13.1. The largest absolute Gasteiger partial charge is 0.506 e. The van der Waals surface area contributed by atoms with Gasteiger partial charge in [0.25, 0.3) is 5.91 Å². The molecule has 0 aliphatic rings. The summed E-state index contributed by atoms with van der Waals surface area (Å²) in [6.07, 6.45) is 0.625. The Hall–Kier alpha value is -3.44. The fourth-order valence-electron chi connectivity index (χ4n) is 3.71. The van der Waals surface area contributed by atoms with Crippen molar-refractivity contribution in [3.05, 3.63) is 95.1 Å². The number of aliphatic hydroxyl groups excluding tert-OH is 2. The van der Waals surface area contributed by atoms with Crippen molar-refractivity contribution in [2.45, 2.75) is 18.6 Å². The van der Waals surface area contributed by atoms with Crippen molar-refractivity contribution in [2.75, 3.05) is 30.7 Å². The second-order valence-electron chi connectivity index (χ2n) is 8.42. The van der Waals surface area contributed by atoms with Crippen molar-refractivity contribution >= 4 is 21.6 Å². The van der Waals surface area contributed by atoms with Crippen LogP contribution in [-0.4, -0.2) is 55.6 Å². The van der Waals surface area contributed by atoms with Crippen LogP contribution in [0.4, 0.5) is 5.69 Å². The first-order valence-electron chi connectivity index (χ1n) is 11.4. The van der Waals surface area contributed by atoms with Gasteiger partial charge < -0.3 is 26.0 Å². The average molecular weight is 514 g/mol. The number of aliphatic hydroxyl groups is 2. The lowest BCUT2D eigenvalue weighted by Gasteiger charge is -2.22. The Labute approximate surface area is 210 Å². The molecule has 2 atom stereocenters. The minimum Gasteiger partial charge on any atom is -0.506 e. The molecule has 0 aromatic heterocycles. The summed E-state index contributed by atoms with van der Waals surface area (Å²) >= 11 is 0. The Balaban J connectivity index is 1.77. The van der Waals surface area contributed by atoms with Crippen molar-refractivity contribution in [1.29, 1.82) is 0 Å². The first kappa shape index (κ1) is 27.2. The smallest absolute Gasteiger partial charge is 0.251 e. The number of carbonyl (C=O) groups is 1. The quantitative estimate of drug-likeness (QED) is 0.203. The van der Waals surface area contributed by atoms with E-state index in [9.17, 15) is 23.4 Å². The summed E-state index contributed by atoms with van der Waals surface area (Å²) in [6.45, 7) is 0.191. The highest BCUT2D eigenvalue weighted by Crippen LogP contribution is 2.28. The van der Waals surface area contributed by atoms with Crippen LogP contribution >= 0.6 is 0 Å². The Morgan fingerprint density at radius 1 is 0.972 bits per heavy atom. The van der Waals surface area contributed by atoms with E-state index in [0.717, 1.165) is 17.4 Å². The van der Waals surface area contributed by atoms with Gasteiger partial charge in [-0.05, 0) is 47.4 Å². The highest BCUT2D eigenvalue weighted by atomic mass is 32.2. The molecule has 0 fully saturated rings. The Morgan fingerprint density at radius 2 is 1.64 bits per heavy atom. The summed E-state index contributed by atoms with van der Waals surface area (Å²) in [5, 5.41) is 35.6. The van der Waals surface area contributed by atoms with Gasteiger partial charge in [0.1, 0.15) is 5.75 Å². The van der Waals surface area contributed by atoms with E-state index in [1.807, 2.05) is 42.5 Å². The van der Waals surface area contributed by atoms with Crippen molar-refractivity contribution in [3.63, 3.8) is 0 Å².